The molecule has 3 N–H and O–H groups in total. The molecule has 1 aliphatic rings. The lowest BCUT2D eigenvalue weighted by molar-refractivity contribution is 0.0947. The van der Waals surface area contributed by atoms with Crippen molar-refractivity contribution in [3.63, 3.8) is 0 Å². The fourth-order valence-corrected chi connectivity index (χ4v) is 2.39. The molecule has 24 heavy (non-hydrogen) atoms. The first-order chi connectivity index (χ1) is 11.2. The topological polar surface area (TPSA) is 64.3 Å². The minimum Gasteiger partial charge on any atom is -0.492 e. The van der Waals surface area contributed by atoms with Crippen molar-refractivity contribution in [2.45, 2.75) is 18.9 Å². The summed E-state index contributed by atoms with van der Waals surface area (Å²) in [7, 11) is 0. The zero-order chi connectivity index (χ0) is 16.1. The van der Waals surface area contributed by atoms with Gasteiger partial charge >= 0.3 is 0 Å². The Morgan fingerprint density at radius 3 is 2.50 bits per heavy atom. The van der Waals surface area contributed by atoms with Gasteiger partial charge in [0.1, 0.15) is 5.75 Å². The van der Waals surface area contributed by atoms with Crippen LogP contribution < -0.4 is 15.8 Å². The van der Waals surface area contributed by atoms with Gasteiger partial charge in [0.25, 0.3) is 5.91 Å². The molecule has 0 spiro atoms. The monoisotopic (exact) mass is 346 g/mol. The van der Waals surface area contributed by atoms with E-state index in [1.807, 2.05) is 48.5 Å². The van der Waals surface area contributed by atoms with Crippen molar-refractivity contribution in [2.75, 3.05) is 13.2 Å². The summed E-state index contributed by atoms with van der Waals surface area (Å²) in [5.41, 5.74) is 7.69. The summed E-state index contributed by atoms with van der Waals surface area (Å²) in [6.07, 6.45) is 2.45. The molecule has 0 heterocycles. The number of benzene rings is 2. The van der Waals surface area contributed by atoms with Crippen LogP contribution in [0.4, 0.5) is 0 Å². The summed E-state index contributed by atoms with van der Waals surface area (Å²) in [6, 6.07) is 16.9. The number of nitrogens with one attached hydrogen (secondary N) is 1. The van der Waals surface area contributed by atoms with Crippen molar-refractivity contribution in [3.05, 3.63) is 65.7 Å². The molecular formula is C19H23ClN2O2. The Labute approximate surface area is 148 Å². The first kappa shape index (κ1) is 18.3. The second-order valence-corrected chi connectivity index (χ2v) is 5.98. The van der Waals surface area contributed by atoms with Crippen molar-refractivity contribution in [2.24, 2.45) is 11.7 Å². The molecule has 1 atom stereocenters. The van der Waals surface area contributed by atoms with Crippen molar-refractivity contribution in [3.8, 4) is 5.75 Å². The van der Waals surface area contributed by atoms with E-state index in [-0.39, 0.29) is 24.4 Å². The maximum atomic E-state index is 12.4. The maximum Gasteiger partial charge on any atom is 0.255 e. The van der Waals surface area contributed by atoms with E-state index in [9.17, 15) is 4.79 Å². The SMILES string of the molecule is Cl.NC(CNC(=O)c1ccccc1OCC1CC1)c1ccccc1. The fourth-order valence-electron chi connectivity index (χ4n) is 2.39. The van der Waals surface area contributed by atoms with Gasteiger partial charge in [0.05, 0.1) is 12.2 Å². The zero-order valence-corrected chi connectivity index (χ0v) is 14.3. The molecule has 1 unspecified atom stereocenters. The van der Waals surface area contributed by atoms with E-state index in [2.05, 4.69) is 5.32 Å². The minimum atomic E-state index is -0.223. The van der Waals surface area contributed by atoms with E-state index in [0.717, 1.165) is 5.56 Å². The Morgan fingerprint density at radius 2 is 1.79 bits per heavy atom. The van der Waals surface area contributed by atoms with Crippen molar-refractivity contribution in [1.29, 1.82) is 0 Å². The summed E-state index contributed by atoms with van der Waals surface area (Å²) in [5, 5.41) is 2.90. The lowest BCUT2D eigenvalue weighted by Gasteiger charge is -2.15. The maximum absolute atomic E-state index is 12.4. The molecule has 128 valence electrons. The third kappa shape index (κ3) is 4.98. The molecule has 0 aromatic heterocycles. The normalized spacial score (nSPS) is 14.4. The second-order valence-electron chi connectivity index (χ2n) is 5.98. The predicted octanol–water partition coefficient (Wildman–Crippen LogP) is 3.33. The lowest BCUT2D eigenvalue weighted by atomic mass is 10.1. The standard InChI is InChI=1S/C19H22N2O2.ClH/c20-17(15-6-2-1-3-7-15)12-21-19(22)16-8-4-5-9-18(16)23-13-14-10-11-14;/h1-9,14,17H,10-13,20H2,(H,21,22);1H. The van der Waals surface area contributed by atoms with Gasteiger partial charge in [-0.2, -0.15) is 0 Å². The van der Waals surface area contributed by atoms with E-state index < -0.39 is 0 Å². The van der Waals surface area contributed by atoms with Gasteiger partial charge in [-0.05, 0) is 36.5 Å². The summed E-state index contributed by atoms with van der Waals surface area (Å²) < 4.78 is 5.78. The Morgan fingerprint density at radius 1 is 1.12 bits per heavy atom. The number of para-hydroxylation sites is 1. The number of carbonyl (C=O) groups is 1. The highest BCUT2D eigenvalue weighted by Crippen LogP contribution is 2.30. The first-order valence-corrected chi connectivity index (χ1v) is 8.04. The molecule has 0 radical (unpaired) electrons. The molecule has 4 nitrogen and oxygen atoms in total. The third-order valence-electron chi connectivity index (χ3n) is 4.01. The van der Waals surface area contributed by atoms with Gasteiger partial charge in [0.2, 0.25) is 0 Å². The number of amides is 1. The van der Waals surface area contributed by atoms with E-state index >= 15 is 0 Å². The lowest BCUT2D eigenvalue weighted by Crippen LogP contribution is -2.32. The highest BCUT2D eigenvalue weighted by atomic mass is 35.5. The molecule has 2 aromatic rings. The van der Waals surface area contributed by atoms with Crippen LogP contribution in [0.3, 0.4) is 0 Å². The van der Waals surface area contributed by atoms with Gasteiger partial charge in [-0.3, -0.25) is 4.79 Å². The molecule has 3 rings (SSSR count). The number of rotatable bonds is 7. The van der Waals surface area contributed by atoms with Crippen LogP contribution in [0, 0.1) is 5.92 Å². The van der Waals surface area contributed by atoms with Gasteiger partial charge < -0.3 is 15.8 Å². The van der Waals surface area contributed by atoms with Gasteiger partial charge in [-0.15, -0.1) is 12.4 Å². The van der Waals surface area contributed by atoms with E-state index in [4.69, 9.17) is 10.5 Å². The molecule has 1 fully saturated rings. The summed E-state index contributed by atoms with van der Waals surface area (Å²) in [4.78, 5) is 12.4. The Kier molecular flexibility index (Phi) is 6.64. The molecule has 1 saturated carbocycles. The molecule has 2 aromatic carbocycles. The zero-order valence-electron chi connectivity index (χ0n) is 13.5. The molecule has 0 bridgehead atoms. The third-order valence-corrected chi connectivity index (χ3v) is 4.01. The van der Waals surface area contributed by atoms with Crippen LogP contribution in [0.15, 0.2) is 54.6 Å². The number of ether oxygens (including phenoxy) is 1. The van der Waals surface area contributed by atoms with E-state index in [1.165, 1.54) is 12.8 Å². The number of carbonyl (C=O) groups excluding carboxylic acids is 1. The fraction of sp³-hybridized carbons (Fsp3) is 0.316. The average Bonchev–Trinajstić information content (AvgIpc) is 3.43. The van der Waals surface area contributed by atoms with Gasteiger partial charge in [0.15, 0.2) is 0 Å². The van der Waals surface area contributed by atoms with Crippen molar-refractivity contribution in [1.82, 2.24) is 5.32 Å². The minimum absolute atomic E-state index is 0. The smallest absolute Gasteiger partial charge is 0.255 e. The van der Waals surface area contributed by atoms with Gasteiger partial charge in [-0.25, -0.2) is 0 Å². The molecular weight excluding hydrogens is 324 g/mol. The molecule has 0 saturated heterocycles. The summed E-state index contributed by atoms with van der Waals surface area (Å²) in [5.74, 6) is 1.14. The quantitative estimate of drug-likeness (QED) is 0.808. The van der Waals surface area contributed by atoms with Crippen LogP contribution in [0.25, 0.3) is 0 Å². The highest BCUT2D eigenvalue weighted by Gasteiger charge is 2.23. The number of hydrogen-bond acceptors (Lipinski definition) is 3. The van der Waals surface area contributed by atoms with Gasteiger partial charge in [0, 0.05) is 12.6 Å². The summed E-state index contributed by atoms with van der Waals surface area (Å²) >= 11 is 0. The Balaban J connectivity index is 0.00000208. The number of nitrogens with two attached hydrogens (primary N) is 1. The van der Waals surface area contributed by atoms with Crippen LogP contribution in [-0.2, 0) is 0 Å². The van der Waals surface area contributed by atoms with Gasteiger partial charge in [-0.1, -0.05) is 42.5 Å². The van der Waals surface area contributed by atoms with Crippen LogP contribution in [0.2, 0.25) is 0 Å². The Hall–Kier alpha value is -2.04. The van der Waals surface area contributed by atoms with Crippen LogP contribution >= 0.6 is 12.4 Å². The number of halogens is 1. The van der Waals surface area contributed by atoms with Crippen molar-refractivity contribution < 1.29 is 9.53 Å². The van der Waals surface area contributed by atoms with Crippen molar-refractivity contribution >= 4 is 18.3 Å². The van der Waals surface area contributed by atoms with E-state index in [1.54, 1.807) is 6.07 Å². The largest absolute Gasteiger partial charge is 0.492 e. The second kappa shape index (κ2) is 8.71. The van der Waals surface area contributed by atoms with Crippen LogP contribution in [0.5, 0.6) is 5.75 Å². The average molecular weight is 347 g/mol. The highest BCUT2D eigenvalue weighted by molar-refractivity contribution is 5.96. The summed E-state index contributed by atoms with van der Waals surface area (Å²) in [6.45, 7) is 1.08. The van der Waals surface area contributed by atoms with Crippen LogP contribution in [-0.4, -0.2) is 19.1 Å². The Bertz CT molecular complexity index is 659. The molecule has 0 aliphatic heterocycles. The first-order valence-electron chi connectivity index (χ1n) is 8.04. The van der Waals surface area contributed by atoms with E-state index in [0.29, 0.717) is 30.4 Å². The molecule has 5 heteroatoms. The number of hydrogen-bond donors (Lipinski definition) is 2. The molecule has 1 aliphatic carbocycles. The predicted molar refractivity (Wildman–Crippen MR) is 97.6 cm³/mol. The van der Waals surface area contributed by atoms with Crippen LogP contribution in [0.1, 0.15) is 34.8 Å². The molecule has 1 amide bonds.